The molecule has 0 fully saturated rings. The molecule has 0 saturated heterocycles. The van der Waals surface area contributed by atoms with Crippen LogP contribution in [0.25, 0.3) is 0 Å². The topological polar surface area (TPSA) is 30.5 Å². The van der Waals surface area contributed by atoms with E-state index in [4.69, 9.17) is 21.1 Å². The predicted molar refractivity (Wildman–Crippen MR) is 76.2 cm³/mol. The molecule has 0 saturated carbocycles. The molecule has 0 spiro atoms. The number of hydrogen-bond donors (Lipinski definition) is 1. The van der Waals surface area contributed by atoms with E-state index in [1.54, 1.807) is 18.2 Å². The van der Waals surface area contributed by atoms with Crippen LogP contribution >= 0.6 is 11.6 Å². The van der Waals surface area contributed by atoms with Crippen molar-refractivity contribution in [3.63, 3.8) is 0 Å². The van der Waals surface area contributed by atoms with Crippen LogP contribution in [0.4, 0.5) is 10.1 Å². The van der Waals surface area contributed by atoms with Crippen molar-refractivity contribution < 1.29 is 13.9 Å². The van der Waals surface area contributed by atoms with E-state index in [1.807, 2.05) is 6.07 Å². The van der Waals surface area contributed by atoms with Crippen molar-refractivity contribution in [3.05, 3.63) is 52.8 Å². The summed E-state index contributed by atoms with van der Waals surface area (Å²) in [6.07, 6.45) is 0. The highest BCUT2D eigenvalue weighted by molar-refractivity contribution is 6.33. The molecule has 2 aromatic rings. The minimum atomic E-state index is -0.252. The lowest BCUT2D eigenvalue weighted by Crippen LogP contribution is -2.15. The highest BCUT2D eigenvalue weighted by Crippen LogP contribution is 2.38. The first kappa shape index (κ1) is 13.1. The van der Waals surface area contributed by atoms with Crippen molar-refractivity contribution in [2.24, 2.45) is 0 Å². The Hall–Kier alpha value is -1.94. The summed E-state index contributed by atoms with van der Waals surface area (Å²) >= 11 is 6.19. The van der Waals surface area contributed by atoms with Gasteiger partial charge in [0.2, 0.25) is 0 Å². The van der Waals surface area contributed by atoms with Crippen LogP contribution in [0.2, 0.25) is 5.02 Å². The fourth-order valence-electron chi connectivity index (χ4n) is 2.04. The molecule has 104 valence electrons. The van der Waals surface area contributed by atoms with Crippen molar-refractivity contribution >= 4 is 17.3 Å². The van der Waals surface area contributed by atoms with E-state index in [0.717, 1.165) is 11.3 Å². The number of fused-ring (bicyclic) bond motifs is 1. The average molecular weight is 294 g/mol. The van der Waals surface area contributed by atoms with E-state index < -0.39 is 0 Å². The molecule has 0 unspecified atom stereocenters. The molecule has 0 bridgehead atoms. The van der Waals surface area contributed by atoms with E-state index in [0.29, 0.717) is 36.3 Å². The summed E-state index contributed by atoms with van der Waals surface area (Å²) in [6.45, 7) is 1.54. The molecule has 20 heavy (non-hydrogen) atoms. The minimum Gasteiger partial charge on any atom is -0.486 e. The number of benzene rings is 2. The van der Waals surface area contributed by atoms with Crippen LogP contribution in [-0.4, -0.2) is 13.2 Å². The van der Waals surface area contributed by atoms with Gasteiger partial charge >= 0.3 is 0 Å². The van der Waals surface area contributed by atoms with Gasteiger partial charge in [-0.1, -0.05) is 23.7 Å². The third-order valence-electron chi connectivity index (χ3n) is 3.00. The zero-order chi connectivity index (χ0) is 13.9. The number of rotatable bonds is 3. The normalized spacial score (nSPS) is 13.1. The molecule has 3 nitrogen and oxygen atoms in total. The van der Waals surface area contributed by atoms with Crippen molar-refractivity contribution in [1.29, 1.82) is 0 Å². The molecule has 1 heterocycles. The Kier molecular flexibility index (Phi) is 3.65. The molecule has 1 aliphatic rings. The maximum atomic E-state index is 13.1. The number of ether oxygens (including phenoxy) is 2. The van der Waals surface area contributed by atoms with Gasteiger partial charge in [0.25, 0.3) is 0 Å². The average Bonchev–Trinajstić information content (AvgIpc) is 2.45. The lowest BCUT2D eigenvalue weighted by Gasteiger charge is -2.20. The van der Waals surface area contributed by atoms with Crippen LogP contribution in [0.3, 0.4) is 0 Å². The molecule has 1 N–H and O–H groups in total. The zero-order valence-corrected chi connectivity index (χ0v) is 11.4. The van der Waals surface area contributed by atoms with Gasteiger partial charge < -0.3 is 14.8 Å². The summed E-state index contributed by atoms with van der Waals surface area (Å²) in [5.41, 5.74) is 1.58. The molecule has 0 amide bonds. The second-order valence-corrected chi connectivity index (χ2v) is 4.87. The Morgan fingerprint density at radius 1 is 1.10 bits per heavy atom. The molecule has 1 aliphatic heterocycles. The fourth-order valence-corrected chi connectivity index (χ4v) is 2.26. The monoisotopic (exact) mass is 293 g/mol. The molecule has 0 atom stereocenters. The van der Waals surface area contributed by atoms with Crippen LogP contribution in [0, 0.1) is 5.82 Å². The smallest absolute Gasteiger partial charge is 0.163 e. The maximum Gasteiger partial charge on any atom is 0.163 e. The summed E-state index contributed by atoms with van der Waals surface area (Å²) in [6, 6.07) is 9.96. The zero-order valence-electron chi connectivity index (χ0n) is 10.7. The van der Waals surface area contributed by atoms with Crippen molar-refractivity contribution in [3.8, 4) is 11.5 Å². The first-order chi connectivity index (χ1) is 9.72. The highest BCUT2D eigenvalue weighted by atomic mass is 35.5. The molecule has 0 aromatic heterocycles. The van der Waals surface area contributed by atoms with Gasteiger partial charge in [-0.2, -0.15) is 0 Å². The Labute approximate surface area is 121 Å². The first-order valence-electron chi connectivity index (χ1n) is 6.30. The number of hydrogen-bond acceptors (Lipinski definition) is 3. The molecule has 2 aromatic carbocycles. The number of halogens is 2. The van der Waals surface area contributed by atoms with E-state index in [-0.39, 0.29) is 5.82 Å². The Morgan fingerprint density at radius 3 is 2.60 bits per heavy atom. The quantitative estimate of drug-likeness (QED) is 0.932. The lowest BCUT2D eigenvalue weighted by molar-refractivity contribution is 0.171. The fraction of sp³-hybridized carbons (Fsp3) is 0.200. The third kappa shape index (κ3) is 2.80. The van der Waals surface area contributed by atoms with Gasteiger partial charge in [0.15, 0.2) is 11.5 Å². The van der Waals surface area contributed by atoms with Crippen LogP contribution in [0.5, 0.6) is 11.5 Å². The summed E-state index contributed by atoms with van der Waals surface area (Å²) < 4.78 is 24.1. The van der Waals surface area contributed by atoms with Gasteiger partial charge in [0.1, 0.15) is 19.0 Å². The maximum absolute atomic E-state index is 13.1. The van der Waals surface area contributed by atoms with Crippen molar-refractivity contribution in [2.45, 2.75) is 6.54 Å². The van der Waals surface area contributed by atoms with Gasteiger partial charge in [-0.05, 0) is 17.7 Å². The van der Waals surface area contributed by atoms with E-state index in [2.05, 4.69) is 5.32 Å². The van der Waals surface area contributed by atoms with Crippen molar-refractivity contribution in [1.82, 2.24) is 0 Å². The van der Waals surface area contributed by atoms with Crippen LogP contribution in [0.1, 0.15) is 5.56 Å². The second kappa shape index (κ2) is 5.59. The van der Waals surface area contributed by atoms with Gasteiger partial charge in [-0.25, -0.2) is 4.39 Å². The van der Waals surface area contributed by atoms with Gasteiger partial charge in [-0.15, -0.1) is 0 Å². The van der Waals surface area contributed by atoms with E-state index in [1.165, 1.54) is 12.1 Å². The Bertz CT molecular complexity index is 633. The molecular weight excluding hydrogens is 281 g/mol. The van der Waals surface area contributed by atoms with Crippen molar-refractivity contribution in [2.75, 3.05) is 18.5 Å². The summed E-state index contributed by atoms with van der Waals surface area (Å²) in [7, 11) is 0. The third-order valence-corrected chi connectivity index (χ3v) is 3.32. The van der Waals surface area contributed by atoms with Gasteiger partial charge in [0, 0.05) is 18.7 Å². The summed E-state index contributed by atoms with van der Waals surface area (Å²) in [4.78, 5) is 0. The Morgan fingerprint density at radius 2 is 1.85 bits per heavy atom. The molecule has 0 aliphatic carbocycles. The number of anilines is 1. The largest absolute Gasteiger partial charge is 0.486 e. The molecular formula is C15H13ClFNO2. The molecule has 5 heteroatoms. The van der Waals surface area contributed by atoms with Crippen LogP contribution in [0.15, 0.2) is 36.4 Å². The van der Waals surface area contributed by atoms with Crippen LogP contribution in [-0.2, 0) is 6.54 Å². The first-order valence-corrected chi connectivity index (χ1v) is 6.67. The van der Waals surface area contributed by atoms with Gasteiger partial charge in [-0.3, -0.25) is 0 Å². The van der Waals surface area contributed by atoms with Gasteiger partial charge in [0.05, 0.1) is 10.7 Å². The summed E-state index contributed by atoms with van der Waals surface area (Å²) in [5.74, 6) is 1.07. The highest BCUT2D eigenvalue weighted by Gasteiger charge is 2.14. The van der Waals surface area contributed by atoms with E-state index >= 15 is 0 Å². The lowest BCUT2D eigenvalue weighted by atomic mass is 10.2. The number of nitrogens with one attached hydrogen (secondary N) is 1. The minimum absolute atomic E-state index is 0.252. The predicted octanol–water partition coefficient (Wildman–Crippen LogP) is 3.86. The SMILES string of the molecule is Fc1cccc(CNc2cc3c(cc2Cl)OCCO3)c1. The van der Waals surface area contributed by atoms with E-state index in [9.17, 15) is 4.39 Å². The molecule has 0 radical (unpaired) electrons. The summed E-state index contributed by atoms with van der Waals surface area (Å²) in [5, 5.41) is 3.72. The van der Waals surface area contributed by atoms with Crippen LogP contribution < -0.4 is 14.8 Å². The molecule has 3 rings (SSSR count). The Balaban J connectivity index is 1.77. The standard InChI is InChI=1S/C15H13ClFNO2/c16-12-7-14-15(20-5-4-19-14)8-13(12)18-9-10-2-1-3-11(17)6-10/h1-3,6-8,18H,4-5,9H2. The second-order valence-electron chi connectivity index (χ2n) is 4.46.